The molecule has 0 aliphatic carbocycles. The van der Waals surface area contributed by atoms with Crippen LogP contribution in [0.15, 0.2) is 21.3 Å². The molecule has 5 nitrogen and oxygen atoms in total. The van der Waals surface area contributed by atoms with Gasteiger partial charge in [0.05, 0.1) is 11.7 Å². The van der Waals surface area contributed by atoms with E-state index in [0.717, 1.165) is 0 Å². The van der Waals surface area contributed by atoms with Gasteiger partial charge in [-0.3, -0.25) is 4.79 Å². The van der Waals surface area contributed by atoms with E-state index in [1.807, 2.05) is 19.5 Å². The highest BCUT2D eigenvalue weighted by molar-refractivity contribution is 7.07. The standard InChI is InChI=1S/C14H19N3O2S/c1-9-13(10(2)19-16-9)14(18)15-7-12(17(3)4)11-5-6-20-8-11/h5-6,8,12H,7H2,1-4H3,(H,15,18)/t12-/m0/s1. The number of nitrogens with zero attached hydrogens (tertiary/aromatic N) is 2. The molecule has 6 heteroatoms. The van der Waals surface area contributed by atoms with Crippen molar-refractivity contribution < 1.29 is 9.32 Å². The van der Waals surface area contributed by atoms with E-state index >= 15 is 0 Å². The van der Waals surface area contributed by atoms with Crippen LogP contribution in [0.1, 0.15) is 33.4 Å². The van der Waals surface area contributed by atoms with E-state index in [1.54, 1.807) is 25.2 Å². The van der Waals surface area contributed by atoms with Crippen molar-refractivity contribution in [3.05, 3.63) is 39.4 Å². The van der Waals surface area contributed by atoms with Crippen LogP contribution < -0.4 is 5.32 Å². The van der Waals surface area contributed by atoms with Gasteiger partial charge in [-0.05, 0) is 50.3 Å². The molecule has 108 valence electrons. The topological polar surface area (TPSA) is 58.4 Å². The highest BCUT2D eigenvalue weighted by Gasteiger charge is 2.20. The molecule has 0 radical (unpaired) electrons. The van der Waals surface area contributed by atoms with Gasteiger partial charge in [0.1, 0.15) is 11.3 Å². The quantitative estimate of drug-likeness (QED) is 0.919. The minimum atomic E-state index is -0.136. The predicted molar refractivity (Wildman–Crippen MR) is 79.1 cm³/mol. The van der Waals surface area contributed by atoms with Crippen molar-refractivity contribution in [2.24, 2.45) is 0 Å². The maximum Gasteiger partial charge on any atom is 0.256 e. The number of rotatable bonds is 5. The Labute approximate surface area is 122 Å². The second-order valence-corrected chi connectivity index (χ2v) is 5.73. The molecule has 1 atom stereocenters. The Morgan fingerprint density at radius 3 is 2.75 bits per heavy atom. The third kappa shape index (κ3) is 3.08. The first-order chi connectivity index (χ1) is 9.50. The summed E-state index contributed by atoms with van der Waals surface area (Å²) in [4.78, 5) is 14.3. The van der Waals surface area contributed by atoms with Crippen LogP contribution in [0.4, 0.5) is 0 Å². The van der Waals surface area contributed by atoms with Crippen LogP contribution in [0.2, 0.25) is 0 Å². The number of thiophene rings is 1. The zero-order valence-electron chi connectivity index (χ0n) is 12.1. The highest BCUT2D eigenvalue weighted by atomic mass is 32.1. The molecule has 2 aromatic rings. The minimum Gasteiger partial charge on any atom is -0.361 e. The van der Waals surface area contributed by atoms with E-state index in [-0.39, 0.29) is 11.9 Å². The Kier molecular flexibility index (Phi) is 4.57. The van der Waals surface area contributed by atoms with Gasteiger partial charge >= 0.3 is 0 Å². The summed E-state index contributed by atoms with van der Waals surface area (Å²) in [6, 6.07) is 2.24. The lowest BCUT2D eigenvalue weighted by atomic mass is 10.1. The number of carbonyl (C=O) groups excluding carboxylic acids is 1. The van der Waals surface area contributed by atoms with Gasteiger partial charge in [0.2, 0.25) is 0 Å². The lowest BCUT2D eigenvalue weighted by molar-refractivity contribution is 0.0940. The Morgan fingerprint density at radius 1 is 1.50 bits per heavy atom. The summed E-state index contributed by atoms with van der Waals surface area (Å²) in [5.74, 6) is 0.417. The normalized spacial score (nSPS) is 12.7. The van der Waals surface area contributed by atoms with Gasteiger partial charge in [-0.1, -0.05) is 5.16 Å². The molecule has 0 aromatic carbocycles. The fourth-order valence-electron chi connectivity index (χ4n) is 2.15. The van der Waals surface area contributed by atoms with Crippen molar-refractivity contribution in [1.82, 2.24) is 15.4 Å². The second kappa shape index (κ2) is 6.19. The smallest absolute Gasteiger partial charge is 0.256 e. The Hall–Kier alpha value is -1.66. The number of aromatic nitrogens is 1. The van der Waals surface area contributed by atoms with Crippen molar-refractivity contribution in [1.29, 1.82) is 0 Å². The summed E-state index contributed by atoms with van der Waals surface area (Å²) in [6.45, 7) is 4.07. The van der Waals surface area contributed by atoms with Gasteiger partial charge in [-0.15, -0.1) is 0 Å². The van der Waals surface area contributed by atoms with Crippen LogP contribution in [0.5, 0.6) is 0 Å². The van der Waals surface area contributed by atoms with E-state index in [0.29, 0.717) is 23.6 Å². The molecule has 2 rings (SSSR count). The molecule has 0 fully saturated rings. The molecule has 2 aromatic heterocycles. The van der Waals surface area contributed by atoms with Crippen molar-refractivity contribution in [3.63, 3.8) is 0 Å². The number of hydrogen-bond donors (Lipinski definition) is 1. The van der Waals surface area contributed by atoms with Crippen LogP contribution in [0.3, 0.4) is 0 Å². The van der Waals surface area contributed by atoms with Gasteiger partial charge in [-0.25, -0.2) is 0 Å². The maximum atomic E-state index is 12.2. The summed E-state index contributed by atoms with van der Waals surface area (Å²) in [7, 11) is 4.01. The maximum absolute atomic E-state index is 12.2. The molecule has 1 amide bonds. The van der Waals surface area contributed by atoms with Gasteiger partial charge < -0.3 is 14.7 Å². The second-order valence-electron chi connectivity index (χ2n) is 4.95. The van der Waals surface area contributed by atoms with E-state index in [1.165, 1.54) is 5.56 Å². The summed E-state index contributed by atoms with van der Waals surface area (Å²) in [6.07, 6.45) is 0. The van der Waals surface area contributed by atoms with Crippen LogP contribution in [0.25, 0.3) is 0 Å². The molecule has 1 N–H and O–H groups in total. The summed E-state index contributed by atoms with van der Waals surface area (Å²) in [5, 5.41) is 10.9. The molecule has 2 heterocycles. The number of nitrogens with one attached hydrogen (secondary N) is 1. The zero-order chi connectivity index (χ0) is 14.7. The fourth-order valence-corrected chi connectivity index (χ4v) is 2.86. The number of aryl methyl sites for hydroxylation is 2. The molecular formula is C14H19N3O2S. The molecule has 0 saturated heterocycles. The Morgan fingerprint density at radius 2 is 2.25 bits per heavy atom. The predicted octanol–water partition coefficient (Wildman–Crippen LogP) is 2.39. The molecule has 0 saturated carbocycles. The summed E-state index contributed by atoms with van der Waals surface area (Å²) < 4.78 is 5.02. The average molecular weight is 293 g/mol. The molecule has 0 spiro atoms. The van der Waals surface area contributed by atoms with Crippen molar-refractivity contribution >= 4 is 17.2 Å². The first-order valence-corrected chi connectivity index (χ1v) is 7.34. The number of carbonyl (C=O) groups is 1. The molecule has 0 aliphatic rings. The van der Waals surface area contributed by atoms with E-state index in [9.17, 15) is 4.79 Å². The zero-order valence-corrected chi connectivity index (χ0v) is 13.0. The largest absolute Gasteiger partial charge is 0.361 e. The van der Waals surface area contributed by atoms with Crippen LogP contribution >= 0.6 is 11.3 Å². The highest BCUT2D eigenvalue weighted by Crippen LogP contribution is 2.20. The number of amides is 1. The fraction of sp³-hybridized carbons (Fsp3) is 0.429. The molecular weight excluding hydrogens is 274 g/mol. The van der Waals surface area contributed by atoms with Crippen molar-refractivity contribution in [2.75, 3.05) is 20.6 Å². The van der Waals surface area contributed by atoms with Gasteiger partial charge in [0, 0.05) is 6.54 Å². The Bertz CT molecular complexity index is 556. The van der Waals surface area contributed by atoms with E-state index in [4.69, 9.17) is 4.52 Å². The molecule has 20 heavy (non-hydrogen) atoms. The Balaban J connectivity index is 2.05. The molecule has 0 bridgehead atoms. The summed E-state index contributed by atoms with van der Waals surface area (Å²) in [5.41, 5.74) is 2.36. The third-order valence-corrected chi connectivity index (χ3v) is 3.97. The average Bonchev–Trinajstić information content (AvgIpc) is 3.00. The molecule has 0 aliphatic heterocycles. The van der Waals surface area contributed by atoms with Gasteiger partial charge in [-0.2, -0.15) is 11.3 Å². The SMILES string of the molecule is Cc1noc(C)c1C(=O)NC[C@@H](c1ccsc1)N(C)C. The van der Waals surface area contributed by atoms with Crippen molar-refractivity contribution in [2.45, 2.75) is 19.9 Å². The summed E-state index contributed by atoms with van der Waals surface area (Å²) >= 11 is 1.66. The van der Waals surface area contributed by atoms with Crippen LogP contribution in [-0.2, 0) is 0 Å². The first-order valence-electron chi connectivity index (χ1n) is 6.40. The van der Waals surface area contributed by atoms with Gasteiger partial charge in [0.15, 0.2) is 0 Å². The lowest BCUT2D eigenvalue weighted by Crippen LogP contribution is -2.34. The van der Waals surface area contributed by atoms with Crippen LogP contribution in [-0.4, -0.2) is 36.6 Å². The lowest BCUT2D eigenvalue weighted by Gasteiger charge is -2.23. The van der Waals surface area contributed by atoms with Gasteiger partial charge in [0.25, 0.3) is 5.91 Å². The molecule has 0 unspecified atom stereocenters. The third-order valence-electron chi connectivity index (χ3n) is 3.27. The number of likely N-dealkylation sites (N-methyl/N-ethyl adjacent to an activating group) is 1. The van der Waals surface area contributed by atoms with Crippen LogP contribution in [0, 0.1) is 13.8 Å². The van der Waals surface area contributed by atoms with E-state index < -0.39 is 0 Å². The number of hydrogen-bond acceptors (Lipinski definition) is 5. The van der Waals surface area contributed by atoms with Crippen molar-refractivity contribution in [3.8, 4) is 0 Å². The monoisotopic (exact) mass is 293 g/mol. The first kappa shape index (κ1) is 14.7. The van der Waals surface area contributed by atoms with E-state index in [2.05, 4.69) is 26.8 Å². The minimum absolute atomic E-state index is 0.136.